The standard InChI is InChI=1S/C11H10N2O3/c1-6(14)10-12-9-7(11(13-10)16-2)4-3-5-8(9)15/h3-5,15H,1-2H3. The Morgan fingerprint density at radius 3 is 2.75 bits per heavy atom. The van der Waals surface area contributed by atoms with Gasteiger partial charge in [-0.25, -0.2) is 4.98 Å². The number of carbonyl (C=O) groups excluding carboxylic acids is 1. The number of hydrogen-bond donors (Lipinski definition) is 1. The third kappa shape index (κ3) is 1.56. The number of methoxy groups -OCH3 is 1. The van der Waals surface area contributed by atoms with Gasteiger partial charge in [-0.1, -0.05) is 6.07 Å². The Morgan fingerprint density at radius 1 is 1.38 bits per heavy atom. The van der Waals surface area contributed by atoms with Gasteiger partial charge in [0.05, 0.1) is 12.5 Å². The summed E-state index contributed by atoms with van der Waals surface area (Å²) in [6.07, 6.45) is 0. The van der Waals surface area contributed by atoms with Crippen LogP contribution in [0.3, 0.4) is 0 Å². The van der Waals surface area contributed by atoms with Crippen molar-refractivity contribution in [2.45, 2.75) is 6.92 Å². The first-order chi connectivity index (χ1) is 7.63. The van der Waals surface area contributed by atoms with Gasteiger partial charge < -0.3 is 9.84 Å². The number of Topliss-reactive ketones (excluding diaryl/α,β-unsaturated/α-hetero) is 1. The van der Waals surface area contributed by atoms with Crippen molar-refractivity contribution in [2.24, 2.45) is 0 Å². The molecule has 0 aliphatic heterocycles. The van der Waals surface area contributed by atoms with Crippen LogP contribution >= 0.6 is 0 Å². The smallest absolute Gasteiger partial charge is 0.225 e. The summed E-state index contributed by atoms with van der Waals surface area (Å²) in [4.78, 5) is 19.2. The highest BCUT2D eigenvalue weighted by Gasteiger charge is 2.13. The van der Waals surface area contributed by atoms with E-state index in [1.807, 2.05) is 0 Å². The van der Waals surface area contributed by atoms with Crippen LogP contribution < -0.4 is 4.74 Å². The Balaban J connectivity index is 2.84. The topological polar surface area (TPSA) is 72.3 Å². The molecule has 2 aromatic rings. The Kier molecular flexibility index (Phi) is 2.44. The molecule has 0 aliphatic rings. The molecule has 1 N–H and O–H groups in total. The van der Waals surface area contributed by atoms with E-state index < -0.39 is 0 Å². The van der Waals surface area contributed by atoms with Crippen molar-refractivity contribution in [3.8, 4) is 11.6 Å². The summed E-state index contributed by atoms with van der Waals surface area (Å²) < 4.78 is 5.06. The number of nitrogens with zero attached hydrogens (tertiary/aromatic N) is 2. The van der Waals surface area contributed by atoms with Crippen molar-refractivity contribution in [1.82, 2.24) is 9.97 Å². The third-order valence-electron chi connectivity index (χ3n) is 2.18. The lowest BCUT2D eigenvalue weighted by atomic mass is 10.2. The number of carbonyl (C=O) groups is 1. The normalized spacial score (nSPS) is 10.4. The number of phenolic OH excluding ortho intramolecular Hbond substituents is 1. The monoisotopic (exact) mass is 218 g/mol. The number of ether oxygens (including phenoxy) is 1. The summed E-state index contributed by atoms with van der Waals surface area (Å²) in [5.74, 6) is 0.0427. The Morgan fingerprint density at radius 2 is 2.12 bits per heavy atom. The summed E-state index contributed by atoms with van der Waals surface area (Å²) in [6, 6.07) is 4.88. The molecule has 5 heteroatoms. The molecule has 0 unspecified atom stereocenters. The zero-order chi connectivity index (χ0) is 11.7. The molecule has 1 heterocycles. The number of ketones is 1. The number of hydrogen-bond acceptors (Lipinski definition) is 5. The first kappa shape index (κ1) is 10.4. The number of fused-ring (bicyclic) bond motifs is 1. The van der Waals surface area contributed by atoms with E-state index >= 15 is 0 Å². The van der Waals surface area contributed by atoms with E-state index in [1.165, 1.54) is 20.1 Å². The number of aromatic hydroxyl groups is 1. The molecule has 5 nitrogen and oxygen atoms in total. The summed E-state index contributed by atoms with van der Waals surface area (Å²) in [5, 5.41) is 10.2. The van der Waals surface area contributed by atoms with E-state index in [4.69, 9.17) is 4.74 Å². The fourth-order valence-corrected chi connectivity index (χ4v) is 1.42. The van der Waals surface area contributed by atoms with Crippen LogP contribution in [0, 0.1) is 0 Å². The van der Waals surface area contributed by atoms with Crippen LogP contribution in [0.15, 0.2) is 18.2 Å². The second-order valence-electron chi connectivity index (χ2n) is 3.29. The lowest BCUT2D eigenvalue weighted by molar-refractivity contribution is 0.100. The maximum atomic E-state index is 11.2. The highest BCUT2D eigenvalue weighted by Crippen LogP contribution is 2.28. The molecule has 82 valence electrons. The maximum Gasteiger partial charge on any atom is 0.225 e. The third-order valence-corrected chi connectivity index (χ3v) is 2.18. The average molecular weight is 218 g/mol. The SMILES string of the molecule is COc1nc(C(C)=O)nc2c(O)cccc12. The zero-order valence-corrected chi connectivity index (χ0v) is 8.89. The lowest BCUT2D eigenvalue weighted by Crippen LogP contribution is -2.03. The van der Waals surface area contributed by atoms with Gasteiger partial charge in [-0.05, 0) is 12.1 Å². The highest BCUT2D eigenvalue weighted by atomic mass is 16.5. The minimum absolute atomic E-state index is 0.000648. The van der Waals surface area contributed by atoms with Gasteiger partial charge in [0.25, 0.3) is 0 Å². The molecule has 0 aliphatic carbocycles. The maximum absolute atomic E-state index is 11.2. The van der Waals surface area contributed by atoms with Crippen LogP contribution in [0.25, 0.3) is 10.9 Å². The van der Waals surface area contributed by atoms with Crippen LogP contribution in [0.1, 0.15) is 17.5 Å². The van der Waals surface area contributed by atoms with Crippen molar-refractivity contribution in [1.29, 1.82) is 0 Å². The molecular weight excluding hydrogens is 208 g/mol. The Labute approximate surface area is 91.7 Å². The molecule has 16 heavy (non-hydrogen) atoms. The molecule has 0 bridgehead atoms. The molecule has 0 saturated carbocycles. The minimum atomic E-state index is -0.275. The number of rotatable bonds is 2. The van der Waals surface area contributed by atoms with Gasteiger partial charge in [-0.2, -0.15) is 4.98 Å². The van der Waals surface area contributed by atoms with Crippen molar-refractivity contribution < 1.29 is 14.6 Å². The quantitative estimate of drug-likeness (QED) is 0.774. The van der Waals surface area contributed by atoms with Gasteiger partial charge >= 0.3 is 0 Å². The van der Waals surface area contributed by atoms with Gasteiger partial charge in [-0.3, -0.25) is 4.79 Å². The molecule has 0 atom stereocenters. The number of benzene rings is 1. The molecule has 1 aromatic carbocycles. The van der Waals surface area contributed by atoms with E-state index in [9.17, 15) is 9.90 Å². The van der Waals surface area contributed by atoms with Crippen LogP contribution in [0.4, 0.5) is 0 Å². The van der Waals surface area contributed by atoms with Crippen molar-refractivity contribution in [3.63, 3.8) is 0 Å². The predicted molar refractivity (Wildman–Crippen MR) is 57.8 cm³/mol. The van der Waals surface area contributed by atoms with Crippen molar-refractivity contribution in [2.75, 3.05) is 7.11 Å². The van der Waals surface area contributed by atoms with Crippen molar-refractivity contribution >= 4 is 16.7 Å². The van der Waals surface area contributed by atoms with E-state index in [2.05, 4.69) is 9.97 Å². The number of para-hydroxylation sites is 1. The summed E-state index contributed by atoms with van der Waals surface area (Å²) in [5.41, 5.74) is 0.319. The van der Waals surface area contributed by atoms with Gasteiger partial charge in [0.15, 0.2) is 11.6 Å². The van der Waals surface area contributed by atoms with Crippen LogP contribution in [-0.4, -0.2) is 28.0 Å². The molecule has 2 rings (SSSR count). The summed E-state index contributed by atoms with van der Waals surface area (Å²) >= 11 is 0. The first-order valence-corrected chi connectivity index (χ1v) is 4.68. The summed E-state index contributed by atoms with van der Waals surface area (Å²) in [7, 11) is 1.45. The molecule has 0 fully saturated rings. The fourth-order valence-electron chi connectivity index (χ4n) is 1.42. The van der Waals surface area contributed by atoms with Crippen LogP contribution in [-0.2, 0) is 0 Å². The predicted octanol–water partition coefficient (Wildman–Crippen LogP) is 1.55. The van der Waals surface area contributed by atoms with Crippen LogP contribution in [0.5, 0.6) is 11.6 Å². The highest BCUT2D eigenvalue weighted by molar-refractivity contribution is 5.95. The Hall–Kier alpha value is -2.17. The molecule has 0 spiro atoms. The molecular formula is C11H10N2O3. The van der Waals surface area contributed by atoms with Crippen molar-refractivity contribution in [3.05, 3.63) is 24.0 Å². The van der Waals surface area contributed by atoms with Crippen LogP contribution in [0.2, 0.25) is 0 Å². The van der Waals surface area contributed by atoms with Gasteiger partial charge in [-0.15, -0.1) is 0 Å². The largest absolute Gasteiger partial charge is 0.506 e. The van der Waals surface area contributed by atoms with E-state index in [0.717, 1.165) is 0 Å². The molecule has 1 aromatic heterocycles. The molecule has 0 saturated heterocycles. The van der Waals surface area contributed by atoms with E-state index in [0.29, 0.717) is 10.9 Å². The first-order valence-electron chi connectivity index (χ1n) is 4.68. The Bertz CT molecular complexity index is 566. The minimum Gasteiger partial charge on any atom is -0.506 e. The van der Waals surface area contributed by atoms with Gasteiger partial charge in [0.2, 0.25) is 5.88 Å². The van der Waals surface area contributed by atoms with Gasteiger partial charge in [0.1, 0.15) is 11.3 Å². The van der Waals surface area contributed by atoms with E-state index in [-0.39, 0.29) is 23.2 Å². The molecule has 0 radical (unpaired) electrons. The lowest BCUT2D eigenvalue weighted by Gasteiger charge is -2.06. The van der Waals surface area contributed by atoms with E-state index in [1.54, 1.807) is 12.1 Å². The molecule has 0 amide bonds. The zero-order valence-electron chi connectivity index (χ0n) is 8.89. The summed E-state index contributed by atoms with van der Waals surface area (Å²) in [6.45, 7) is 1.36. The second-order valence-corrected chi connectivity index (χ2v) is 3.29. The number of phenols is 1. The number of aromatic nitrogens is 2. The average Bonchev–Trinajstić information content (AvgIpc) is 2.28. The van der Waals surface area contributed by atoms with Gasteiger partial charge in [0, 0.05) is 6.92 Å². The fraction of sp³-hybridized carbons (Fsp3) is 0.182. The second kappa shape index (κ2) is 3.77.